The summed E-state index contributed by atoms with van der Waals surface area (Å²) in [6.45, 7) is 3.81. The van der Waals surface area contributed by atoms with E-state index >= 15 is 0 Å². The van der Waals surface area contributed by atoms with Crippen molar-refractivity contribution in [2.45, 2.75) is 25.9 Å². The van der Waals surface area contributed by atoms with Gasteiger partial charge in [0, 0.05) is 18.8 Å². The molecule has 1 aromatic carbocycles. The third kappa shape index (κ3) is 2.73. The number of hydrogen-bond donors (Lipinski definition) is 1. The number of aryl methyl sites for hydroxylation is 1. The van der Waals surface area contributed by atoms with Gasteiger partial charge >= 0.3 is 0 Å². The minimum Gasteiger partial charge on any atom is -0.382 e. The van der Waals surface area contributed by atoms with E-state index in [1.165, 1.54) is 6.42 Å². The monoisotopic (exact) mass is 259 g/mol. The molecule has 1 saturated heterocycles. The molecule has 1 aliphatic rings. The molecule has 1 aliphatic heterocycles. The molecular formula is C13H17N5O. The second kappa shape index (κ2) is 5.36. The fourth-order valence-electron chi connectivity index (χ4n) is 2.33. The second-order valence-corrected chi connectivity index (χ2v) is 4.77. The molecule has 0 amide bonds. The van der Waals surface area contributed by atoms with Gasteiger partial charge in [-0.1, -0.05) is 0 Å². The smallest absolute Gasteiger partial charge is 0.143 e. The predicted octanol–water partition coefficient (Wildman–Crippen LogP) is 1.56. The van der Waals surface area contributed by atoms with E-state index in [0.29, 0.717) is 6.10 Å². The number of hydrogen-bond acceptors (Lipinski definition) is 5. The number of tetrazole rings is 1. The van der Waals surface area contributed by atoms with Gasteiger partial charge in [-0.15, -0.1) is 5.10 Å². The third-order valence-electron chi connectivity index (χ3n) is 3.35. The van der Waals surface area contributed by atoms with E-state index in [4.69, 9.17) is 4.74 Å². The molecule has 1 N–H and O–H groups in total. The number of ether oxygens (including phenoxy) is 1. The van der Waals surface area contributed by atoms with Crippen molar-refractivity contribution in [1.29, 1.82) is 0 Å². The molecule has 6 heteroatoms. The Balaban J connectivity index is 1.68. The molecule has 0 bridgehead atoms. The molecule has 1 unspecified atom stereocenters. The van der Waals surface area contributed by atoms with Crippen LogP contribution in [-0.2, 0) is 4.74 Å². The first-order valence-corrected chi connectivity index (χ1v) is 6.52. The first-order chi connectivity index (χ1) is 9.33. The molecule has 0 saturated carbocycles. The number of nitrogens with zero attached hydrogens (tertiary/aromatic N) is 4. The van der Waals surface area contributed by atoms with Crippen LogP contribution in [0.4, 0.5) is 5.69 Å². The lowest BCUT2D eigenvalue weighted by atomic mass is 10.1. The molecule has 2 heterocycles. The zero-order valence-corrected chi connectivity index (χ0v) is 10.9. The maximum absolute atomic E-state index is 5.59. The predicted molar refractivity (Wildman–Crippen MR) is 71.4 cm³/mol. The van der Waals surface area contributed by atoms with Crippen LogP contribution >= 0.6 is 0 Å². The van der Waals surface area contributed by atoms with Crippen molar-refractivity contribution in [3.05, 3.63) is 30.1 Å². The lowest BCUT2D eigenvalue weighted by molar-refractivity contribution is 0.120. The van der Waals surface area contributed by atoms with Crippen LogP contribution in [0.1, 0.15) is 18.4 Å². The summed E-state index contributed by atoms with van der Waals surface area (Å²) in [5.74, 6) is 0. The van der Waals surface area contributed by atoms with Gasteiger partial charge < -0.3 is 10.1 Å². The number of anilines is 1. The summed E-state index contributed by atoms with van der Waals surface area (Å²) in [6, 6.07) is 6.16. The molecule has 2 aromatic rings. The van der Waals surface area contributed by atoms with Gasteiger partial charge in [0.25, 0.3) is 0 Å². The van der Waals surface area contributed by atoms with Crippen molar-refractivity contribution in [1.82, 2.24) is 20.2 Å². The Bertz CT molecular complexity index is 534. The van der Waals surface area contributed by atoms with Crippen LogP contribution in [0.25, 0.3) is 5.69 Å². The Hall–Kier alpha value is -1.95. The lowest BCUT2D eigenvalue weighted by Gasteiger charge is -2.13. The maximum atomic E-state index is 5.59. The van der Waals surface area contributed by atoms with Crippen molar-refractivity contribution >= 4 is 5.69 Å². The molecular weight excluding hydrogens is 242 g/mol. The van der Waals surface area contributed by atoms with Crippen molar-refractivity contribution in [2.24, 2.45) is 0 Å². The molecule has 100 valence electrons. The standard InChI is InChI=1S/C13H17N5O/c1-10-7-11(14-8-12-3-2-6-19-12)4-5-13(10)18-9-15-16-17-18/h4-5,7,9,12,14H,2-3,6,8H2,1H3. The summed E-state index contributed by atoms with van der Waals surface area (Å²) in [6.07, 6.45) is 4.26. The van der Waals surface area contributed by atoms with E-state index in [1.807, 2.05) is 19.1 Å². The van der Waals surface area contributed by atoms with E-state index in [9.17, 15) is 0 Å². The number of benzene rings is 1. The lowest BCUT2D eigenvalue weighted by Crippen LogP contribution is -2.18. The Kier molecular flexibility index (Phi) is 3.41. The Morgan fingerprint density at radius 1 is 1.47 bits per heavy atom. The van der Waals surface area contributed by atoms with E-state index < -0.39 is 0 Å². The highest BCUT2D eigenvalue weighted by atomic mass is 16.5. The molecule has 1 fully saturated rings. The SMILES string of the molecule is Cc1cc(NCC2CCCO2)ccc1-n1cnnn1. The summed E-state index contributed by atoms with van der Waals surface area (Å²) in [5, 5.41) is 14.6. The Morgan fingerprint density at radius 3 is 3.11 bits per heavy atom. The molecule has 1 aromatic heterocycles. The minimum atomic E-state index is 0.347. The van der Waals surface area contributed by atoms with E-state index in [0.717, 1.165) is 36.5 Å². The molecule has 0 aliphatic carbocycles. The fourth-order valence-corrected chi connectivity index (χ4v) is 2.33. The minimum absolute atomic E-state index is 0.347. The summed E-state index contributed by atoms with van der Waals surface area (Å²) < 4.78 is 7.26. The van der Waals surface area contributed by atoms with Gasteiger partial charge in [0.15, 0.2) is 0 Å². The fraction of sp³-hybridized carbons (Fsp3) is 0.462. The highest BCUT2D eigenvalue weighted by Gasteiger charge is 2.14. The van der Waals surface area contributed by atoms with Gasteiger partial charge in [-0.2, -0.15) is 0 Å². The van der Waals surface area contributed by atoms with Gasteiger partial charge in [0.1, 0.15) is 6.33 Å². The van der Waals surface area contributed by atoms with Crippen molar-refractivity contribution in [3.8, 4) is 5.69 Å². The van der Waals surface area contributed by atoms with Gasteiger partial charge in [0.2, 0.25) is 0 Å². The van der Waals surface area contributed by atoms with Gasteiger partial charge in [-0.3, -0.25) is 0 Å². The quantitative estimate of drug-likeness (QED) is 0.902. The largest absolute Gasteiger partial charge is 0.382 e. The van der Waals surface area contributed by atoms with Crippen LogP contribution < -0.4 is 5.32 Å². The maximum Gasteiger partial charge on any atom is 0.143 e. The van der Waals surface area contributed by atoms with Crippen LogP contribution in [0, 0.1) is 6.92 Å². The van der Waals surface area contributed by atoms with Crippen LogP contribution in [0.2, 0.25) is 0 Å². The summed E-state index contributed by atoms with van der Waals surface area (Å²) in [7, 11) is 0. The molecule has 0 spiro atoms. The molecule has 3 rings (SSSR count). The number of nitrogens with one attached hydrogen (secondary N) is 1. The highest BCUT2D eigenvalue weighted by molar-refractivity contribution is 5.53. The Labute approximate surface area is 111 Å². The third-order valence-corrected chi connectivity index (χ3v) is 3.35. The van der Waals surface area contributed by atoms with Crippen LogP contribution in [0.5, 0.6) is 0 Å². The number of aromatic nitrogens is 4. The molecule has 19 heavy (non-hydrogen) atoms. The molecule has 1 atom stereocenters. The van der Waals surface area contributed by atoms with E-state index in [1.54, 1.807) is 11.0 Å². The first-order valence-electron chi connectivity index (χ1n) is 6.52. The van der Waals surface area contributed by atoms with Crippen LogP contribution in [-0.4, -0.2) is 39.5 Å². The van der Waals surface area contributed by atoms with E-state index in [-0.39, 0.29) is 0 Å². The molecule has 6 nitrogen and oxygen atoms in total. The second-order valence-electron chi connectivity index (χ2n) is 4.77. The van der Waals surface area contributed by atoms with Gasteiger partial charge in [-0.25, -0.2) is 4.68 Å². The zero-order chi connectivity index (χ0) is 13.1. The summed E-state index contributed by atoms with van der Waals surface area (Å²) in [5.41, 5.74) is 3.22. The van der Waals surface area contributed by atoms with Crippen LogP contribution in [0.3, 0.4) is 0 Å². The highest BCUT2D eigenvalue weighted by Crippen LogP contribution is 2.19. The normalized spacial score (nSPS) is 18.7. The average Bonchev–Trinajstić information content (AvgIpc) is 3.10. The van der Waals surface area contributed by atoms with Crippen molar-refractivity contribution in [3.63, 3.8) is 0 Å². The average molecular weight is 259 g/mol. The number of rotatable bonds is 4. The summed E-state index contributed by atoms with van der Waals surface area (Å²) >= 11 is 0. The first kappa shape index (κ1) is 12.1. The zero-order valence-electron chi connectivity index (χ0n) is 10.9. The molecule has 0 radical (unpaired) electrons. The topological polar surface area (TPSA) is 64.9 Å². The van der Waals surface area contributed by atoms with Crippen molar-refractivity contribution < 1.29 is 4.74 Å². The van der Waals surface area contributed by atoms with Crippen LogP contribution in [0.15, 0.2) is 24.5 Å². The Morgan fingerprint density at radius 2 is 2.42 bits per heavy atom. The summed E-state index contributed by atoms with van der Waals surface area (Å²) in [4.78, 5) is 0. The van der Waals surface area contributed by atoms with E-state index in [2.05, 4.69) is 26.9 Å². The van der Waals surface area contributed by atoms with Gasteiger partial charge in [-0.05, 0) is 54.0 Å². The van der Waals surface area contributed by atoms with Crippen molar-refractivity contribution in [2.75, 3.05) is 18.5 Å². The van der Waals surface area contributed by atoms with Gasteiger partial charge in [0.05, 0.1) is 11.8 Å².